The molecule has 0 atom stereocenters. The molecule has 0 amide bonds. The van der Waals surface area contributed by atoms with Gasteiger partial charge in [0.1, 0.15) is 0 Å². The first kappa shape index (κ1) is 22.0. The zero-order chi connectivity index (χ0) is 16.3. The smallest absolute Gasteiger partial charge is 0.327 e. The molecular weight excluding hydrogens is 522 g/mol. The fourth-order valence-corrected chi connectivity index (χ4v) is 3.44. The number of nitrogens with zero attached hydrogens (tertiary/aromatic N) is 4. The Labute approximate surface area is 173 Å². The monoisotopic (exact) mass is 558 g/mol. The minimum atomic E-state index is 0. The van der Waals surface area contributed by atoms with Gasteiger partial charge in [0, 0.05) is 0 Å². The van der Waals surface area contributed by atoms with E-state index in [1.54, 1.807) is 0 Å². The van der Waals surface area contributed by atoms with Crippen LogP contribution in [0.25, 0.3) is 0 Å². The van der Waals surface area contributed by atoms with Crippen molar-refractivity contribution in [3.8, 4) is 0 Å². The minimum absolute atomic E-state index is 0. The number of hydrogen-bond donors (Lipinski definition) is 0. The number of piperidine rings is 1. The summed E-state index contributed by atoms with van der Waals surface area (Å²) < 4.78 is 4.84. The van der Waals surface area contributed by atoms with Crippen molar-refractivity contribution in [2.45, 2.75) is 44.9 Å². The summed E-state index contributed by atoms with van der Waals surface area (Å²) in [5, 5.41) is 0. The summed E-state index contributed by atoms with van der Waals surface area (Å²) in [5.41, 5.74) is 0. The third-order valence-corrected chi connectivity index (χ3v) is 4.90. The van der Waals surface area contributed by atoms with E-state index in [0.29, 0.717) is 0 Å². The Balaban J connectivity index is 0.000000231. The van der Waals surface area contributed by atoms with Gasteiger partial charge in [0.05, 0.1) is 39.3 Å². The fraction of sp³-hybridized carbons (Fsp3) is 0.789. The molecule has 3 heterocycles. The zero-order valence-electron chi connectivity index (χ0n) is 15.5. The predicted molar refractivity (Wildman–Crippen MR) is 98.3 cm³/mol. The molecule has 0 saturated carbocycles. The van der Waals surface area contributed by atoms with Crippen molar-refractivity contribution < 1.29 is 40.3 Å². The molecule has 0 spiro atoms. The van der Waals surface area contributed by atoms with Gasteiger partial charge in [-0.2, -0.15) is 0 Å². The van der Waals surface area contributed by atoms with Crippen molar-refractivity contribution >= 4 is 12.7 Å². The molecule has 134 valence electrons. The van der Waals surface area contributed by atoms with Crippen molar-refractivity contribution in [3.05, 3.63) is 13.8 Å². The minimum Gasteiger partial charge on any atom is -0.327 e. The molecule has 0 aromatic carbocycles. The van der Waals surface area contributed by atoms with Gasteiger partial charge in [-0.05, 0) is 58.0 Å². The molecule has 0 aromatic heterocycles. The molecule has 5 heteroatoms. The van der Waals surface area contributed by atoms with E-state index >= 15 is 0 Å². The molecule has 0 N–H and O–H groups in total. The average Bonchev–Trinajstić information content (AvgIpc) is 3.29. The summed E-state index contributed by atoms with van der Waals surface area (Å²) in [4.78, 5) is 4.61. The number of hydrogen-bond acceptors (Lipinski definition) is 0. The maximum atomic E-state index is 3.85. The first-order valence-corrected chi connectivity index (χ1v) is 9.56. The maximum Gasteiger partial charge on any atom is 2.00 e. The van der Waals surface area contributed by atoms with E-state index < -0.39 is 0 Å². The van der Waals surface area contributed by atoms with Gasteiger partial charge in [0.2, 0.25) is 12.7 Å². The first-order chi connectivity index (χ1) is 11.3. The molecule has 3 aliphatic rings. The average molecular weight is 559 g/mol. The summed E-state index contributed by atoms with van der Waals surface area (Å²) in [7, 11) is 0. The van der Waals surface area contributed by atoms with E-state index in [1.165, 1.54) is 84.2 Å². The van der Waals surface area contributed by atoms with Crippen molar-refractivity contribution in [3.63, 3.8) is 0 Å². The first-order valence-electron chi connectivity index (χ1n) is 9.56. The molecule has 3 fully saturated rings. The maximum absolute atomic E-state index is 3.85. The zero-order valence-corrected chi connectivity index (χ0v) is 19.6. The molecule has 0 radical (unpaired) electrons. The summed E-state index contributed by atoms with van der Waals surface area (Å²) in [6.45, 7) is 16.9. The Bertz CT molecular complexity index is 369. The molecular formula is C19H36N4U+2. The predicted octanol–water partition coefficient (Wildman–Crippen LogP) is 2.10. The van der Waals surface area contributed by atoms with E-state index in [4.69, 9.17) is 0 Å². The molecule has 0 aromatic rings. The van der Waals surface area contributed by atoms with Crippen molar-refractivity contribution in [2.24, 2.45) is 0 Å². The van der Waals surface area contributed by atoms with Crippen LogP contribution in [-0.4, -0.2) is 84.0 Å². The van der Waals surface area contributed by atoms with Gasteiger partial charge in [-0.3, -0.25) is 14.1 Å². The Morgan fingerprint density at radius 1 is 0.750 bits per heavy atom. The van der Waals surface area contributed by atoms with Crippen molar-refractivity contribution in [2.75, 3.05) is 52.4 Å². The van der Waals surface area contributed by atoms with Gasteiger partial charge >= 0.3 is 31.1 Å². The van der Waals surface area contributed by atoms with E-state index in [1.807, 2.05) is 0 Å². The van der Waals surface area contributed by atoms with Gasteiger partial charge < -0.3 is 18.7 Å². The third-order valence-electron chi connectivity index (χ3n) is 4.90. The fourth-order valence-electron chi connectivity index (χ4n) is 3.44. The van der Waals surface area contributed by atoms with Crippen LogP contribution in [0, 0.1) is 45.0 Å². The molecule has 0 aliphatic carbocycles. The van der Waals surface area contributed by atoms with Crippen LogP contribution in [0.3, 0.4) is 0 Å². The van der Waals surface area contributed by atoms with Gasteiger partial charge in [-0.15, -0.1) is 0 Å². The van der Waals surface area contributed by atoms with E-state index in [2.05, 4.69) is 45.5 Å². The molecule has 0 unspecified atom stereocenters. The largest absolute Gasteiger partial charge is 2.00 e. The topological polar surface area (TPSA) is 12.5 Å². The van der Waals surface area contributed by atoms with Crippen LogP contribution in [0.1, 0.15) is 44.9 Å². The van der Waals surface area contributed by atoms with E-state index in [0.717, 1.165) is 13.1 Å². The van der Waals surface area contributed by atoms with Gasteiger partial charge in [-0.1, -0.05) is 0 Å². The van der Waals surface area contributed by atoms with Crippen LogP contribution >= 0.6 is 0 Å². The molecule has 3 rings (SSSR count). The van der Waals surface area contributed by atoms with Gasteiger partial charge in [0.25, 0.3) is 0 Å². The van der Waals surface area contributed by atoms with Crippen LogP contribution in [-0.2, 0) is 0 Å². The van der Waals surface area contributed by atoms with E-state index in [-0.39, 0.29) is 31.1 Å². The van der Waals surface area contributed by atoms with Crippen molar-refractivity contribution in [1.29, 1.82) is 0 Å². The second-order valence-electron chi connectivity index (χ2n) is 6.85. The summed E-state index contributed by atoms with van der Waals surface area (Å²) in [6, 6.07) is 0. The van der Waals surface area contributed by atoms with Crippen LogP contribution in [0.15, 0.2) is 0 Å². The van der Waals surface area contributed by atoms with Crippen LogP contribution in [0.4, 0.5) is 0 Å². The summed E-state index contributed by atoms with van der Waals surface area (Å²) in [5.74, 6) is 0. The molecule has 0 bridgehead atoms. The molecule has 3 saturated heterocycles. The summed E-state index contributed by atoms with van der Waals surface area (Å²) in [6.07, 6.45) is 14.2. The number of rotatable bonds is 4. The summed E-state index contributed by atoms with van der Waals surface area (Å²) >= 11 is 0. The SMILES string of the molecule is C(N1CCCC1)=[N+]1CCCC1.[CH2-]CN(C=[N+]1CCCCC1)C[CH2-].[U+2]. The molecule has 4 nitrogen and oxygen atoms in total. The quantitative estimate of drug-likeness (QED) is 0.298. The number of likely N-dealkylation sites (tertiary alicyclic amines) is 1. The Morgan fingerprint density at radius 3 is 1.79 bits per heavy atom. The molecule has 24 heavy (non-hydrogen) atoms. The third kappa shape index (κ3) is 8.39. The normalized spacial score (nSPS) is 20.2. The van der Waals surface area contributed by atoms with Crippen LogP contribution < -0.4 is 0 Å². The second-order valence-corrected chi connectivity index (χ2v) is 6.85. The van der Waals surface area contributed by atoms with Crippen LogP contribution in [0.5, 0.6) is 0 Å². The van der Waals surface area contributed by atoms with Crippen molar-refractivity contribution in [1.82, 2.24) is 9.80 Å². The Kier molecular flexibility index (Phi) is 12.1. The Morgan fingerprint density at radius 2 is 1.25 bits per heavy atom. The van der Waals surface area contributed by atoms with E-state index in [9.17, 15) is 0 Å². The second kappa shape index (κ2) is 13.2. The van der Waals surface area contributed by atoms with Crippen LogP contribution in [0.2, 0.25) is 0 Å². The standard InChI is InChI=1S/C10H19N2.C9H17N2.U/c1-3-11(4-2)10-12-8-6-5-7-9-12;1-2-6-10(5-1)9-11-7-3-4-8-11;/h10H,1-9H2;9H,1-8H2;/q-1;+1;+2. The molecule has 3 aliphatic heterocycles. The van der Waals surface area contributed by atoms with Gasteiger partial charge in [0.15, 0.2) is 0 Å². The van der Waals surface area contributed by atoms with Gasteiger partial charge in [-0.25, -0.2) is 0 Å². The Hall–Kier alpha value is -0.00805.